The molecule has 0 aromatic carbocycles. The number of aliphatic hydroxyl groups excluding tert-OH is 1. The van der Waals surface area contributed by atoms with Crippen molar-refractivity contribution in [2.24, 2.45) is 11.3 Å². The van der Waals surface area contributed by atoms with Crippen LogP contribution in [0.15, 0.2) is 0 Å². The Labute approximate surface area is 97.1 Å². The molecule has 0 unspecified atom stereocenters. The second kappa shape index (κ2) is 3.69. The molecule has 1 saturated heterocycles. The van der Waals surface area contributed by atoms with E-state index in [-0.39, 0.29) is 17.3 Å². The van der Waals surface area contributed by atoms with Gasteiger partial charge in [0.2, 0.25) is 0 Å². The third kappa shape index (κ3) is 1.52. The zero-order chi connectivity index (χ0) is 11.2. The number of aliphatic hydroxyl groups is 1. The van der Waals surface area contributed by atoms with E-state index in [4.69, 9.17) is 9.47 Å². The zero-order valence-corrected chi connectivity index (χ0v) is 10.1. The first-order valence-electron chi connectivity index (χ1n) is 6.61. The summed E-state index contributed by atoms with van der Waals surface area (Å²) in [5, 5.41) is 10.2. The smallest absolute Gasteiger partial charge is 0.168 e. The average molecular weight is 226 g/mol. The maximum Gasteiger partial charge on any atom is 0.168 e. The second-order valence-electron chi connectivity index (χ2n) is 5.96. The van der Waals surface area contributed by atoms with Crippen LogP contribution in [0.4, 0.5) is 0 Å². The molecule has 2 saturated carbocycles. The van der Waals surface area contributed by atoms with Crippen molar-refractivity contribution in [1.29, 1.82) is 0 Å². The highest BCUT2D eigenvalue weighted by atomic mass is 16.7. The first-order valence-corrected chi connectivity index (χ1v) is 6.61. The Morgan fingerprint density at radius 2 is 1.88 bits per heavy atom. The van der Waals surface area contributed by atoms with E-state index in [1.807, 2.05) is 0 Å². The lowest BCUT2D eigenvalue weighted by molar-refractivity contribution is -0.223. The molecule has 92 valence electrons. The molecule has 0 amide bonds. The van der Waals surface area contributed by atoms with Crippen LogP contribution < -0.4 is 0 Å². The van der Waals surface area contributed by atoms with Gasteiger partial charge in [-0.2, -0.15) is 0 Å². The summed E-state index contributed by atoms with van der Waals surface area (Å²) in [5.74, 6) is 0.282. The maximum absolute atomic E-state index is 10.2. The van der Waals surface area contributed by atoms with Crippen LogP contribution in [0.1, 0.15) is 45.4 Å². The van der Waals surface area contributed by atoms with E-state index in [1.165, 1.54) is 6.42 Å². The van der Waals surface area contributed by atoms with E-state index in [1.54, 1.807) is 0 Å². The van der Waals surface area contributed by atoms with Gasteiger partial charge in [0, 0.05) is 12.8 Å². The van der Waals surface area contributed by atoms with Gasteiger partial charge in [-0.15, -0.1) is 0 Å². The molecule has 1 heterocycles. The minimum absolute atomic E-state index is 0.110. The highest BCUT2D eigenvalue weighted by Crippen LogP contribution is 2.54. The molecule has 0 bridgehead atoms. The minimum atomic E-state index is -0.290. The molecule has 1 N–H and O–H groups in total. The molecular weight excluding hydrogens is 204 g/mol. The maximum atomic E-state index is 10.2. The molecule has 3 aliphatic rings. The van der Waals surface area contributed by atoms with Gasteiger partial charge in [0.25, 0.3) is 0 Å². The normalized spacial score (nSPS) is 46.9. The molecule has 1 spiro atoms. The van der Waals surface area contributed by atoms with Crippen LogP contribution in [0, 0.1) is 11.3 Å². The second-order valence-corrected chi connectivity index (χ2v) is 5.96. The molecule has 3 atom stereocenters. The first-order chi connectivity index (χ1) is 7.65. The Balaban J connectivity index is 1.79. The Hall–Kier alpha value is -0.120. The van der Waals surface area contributed by atoms with Crippen molar-refractivity contribution < 1.29 is 14.6 Å². The quantitative estimate of drug-likeness (QED) is 0.687. The summed E-state index contributed by atoms with van der Waals surface area (Å²) in [6.45, 7) is 3.74. The van der Waals surface area contributed by atoms with E-state index in [0.717, 1.165) is 45.3 Å². The Kier molecular flexibility index (Phi) is 2.54. The Morgan fingerprint density at radius 1 is 1.12 bits per heavy atom. The topological polar surface area (TPSA) is 38.7 Å². The zero-order valence-electron chi connectivity index (χ0n) is 10.1. The van der Waals surface area contributed by atoms with Gasteiger partial charge < -0.3 is 14.6 Å². The van der Waals surface area contributed by atoms with Crippen molar-refractivity contribution in [3.05, 3.63) is 0 Å². The molecule has 3 fully saturated rings. The monoisotopic (exact) mass is 226 g/mol. The van der Waals surface area contributed by atoms with Crippen molar-refractivity contribution in [1.82, 2.24) is 0 Å². The summed E-state index contributed by atoms with van der Waals surface area (Å²) in [6, 6.07) is 0. The van der Waals surface area contributed by atoms with E-state index in [2.05, 4.69) is 6.92 Å². The molecule has 0 aromatic rings. The molecule has 0 aromatic heterocycles. The van der Waals surface area contributed by atoms with Crippen LogP contribution in [0.2, 0.25) is 0 Å². The van der Waals surface area contributed by atoms with Gasteiger partial charge in [-0.1, -0.05) is 13.3 Å². The third-order valence-electron chi connectivity index (χ3n) is 5.14. The summed E-state index contributed by atoms with van der Waals surface area (Å²) in [6.07, 6.45) is 6.21. The molecule has 3 heteroatoms. The Bertz CT molecular complexity index is 272. The summed E-state index contributed by atoms with van der Waals surface area (Å²) < 4.78 is 11.6. The standard InChI is InChI=1S/C13H22O3/c1-12-5-6-13(15-7-8-16-13)9-10(12)3-2-4-11(12)14/h10-11,14H,2-9H2,1H3/t10-,11-,12-/m0/s1. The van der Waals surface area contributed by atoms with Gasteiger partial charge in [-0.3, -0.25) is 0 Å². The van der Waals surface area contributed by atoms with E-state index in [0.29, 0.717) is 5.92 Å². The van der Waals surface area contributed by atoms with Crippen LogP contribution in [-0.2, 0) is 9.47 Å². The molecule has 1 aliphatic heterocycles. The number of hydrogen-bond acceptors (Lipinski definition) is 3. The third-order valence-corrected chi connectivity index (χ3v) is 5.14. The average Bonchev–Trinajstić information content (AvgIpc) is 2.71. The Morgan fingerprint density at radius 3 is 2.62 bits per heavy atom. The van der Waals surface area contributed by atoms with Gasteiger partial charge in [0.05, 0.1) is 19.3 Å². The van der Waals surface area contributed by atoms with Crippen molar-refractivity contribution >= 4 is 0 Å². The number of fused-ring (bicyclic) bond motifs is 1. The van der Waals surface area contributed by atoms with Gasteiger partial charge in [0.15, 0.2) is 5.79 Å². The summed E-state index contributed by atoms with van der Waals surface area (Å²) in [5.41, 5.74) is 0.110. The highest BCUT2D eigenvalue weighted by molar-refractivity contribution is 5.00. The predicted octanol–water partition coefficient (Wildman–Crippen LogP) is 2.08. The molecular formula is C13H22O3. The van der Waals surface area contributed by atoms with Crippen molar-refractivity contribution in [2.45, 2.75) is 57.3 Å². The number of hydrogen-bond donors (Lipinski definition) is 1. The van der Waals surface area contributed by atoms with Gasteiger partial charge in [-0.05, 0) is 30.6 Å². The molecule has 2 aliphatic carbocycles. The first kappa shape index (κ1) is 11.0. The predicted molar refractivity (Wildman–Crippen MR) is 59.9 cm³/mol. The molecule has 3 rings (SSSR count). The summed E-state index contributed by atoms with van der Waals surface area (Å²) >= 11 is 0. The van der Waals surface area contributed by atoms with Gasteiger partial charge in [0.1, 0.15) is 0 Å². The lowest BCUT2D eigenvalue weighted by Gasteiger charge is -2.52. The van der Waals surface area contributed by atoms with E-state index >= 15 is 0 Å². The van der Waals surface area contributed by atoms with E-state index in [9.17, 15) is 5.11 Å². The van der Waals surface area contributed by atoms with Crippen molar-refractivity contribution in [2.75, 3.05) is 13.2 Å². The molecule has 0 radical (unpaired) electrons. The SMILES string of the molecule is C[C@]12CCC3(C[C@@H]1CCC[C@@H]2O)OCCO3. The number of ether oxygens (including phenoxy) is 2. The fourth-order valence-electron chi connectivity index (χ4n) is 3.89. The fraction of sp³-hybridized carbons (Fsp3) is 1.00. The highest BCUT2D eigenvalue weighted by Gasteiger charge is 2.53. The van der Waals surface area contributed by atoms with Crippen LogP contribution in [0.5, 0.6) is 0 Å². The largest absolute Gasteiger partial charge is 0.393 e. The lowest BCUT2D eigenvalue weighted by Crippen LogP contribution is -2.51. The minimum Gasteiger partial charge on any atom is -0.393 e. The van der Waals surface area contributed by atoms with Gasteiger partial charge >= 0.3 is 0 Å². The fourth-order valence-corrected chi connectivity index (χ4v) is 3.89. The summed E-state index contributed by atoms with van der Waals surface area (Å²) in [4.78, 5) is 0. The number of rotatable bonds is 0. The molecule has 3 nitrogen and oxygen atoms in total. The van der Waals surface area contributed by atoms with Crippen LogP contribution in [0.25, 0.3) is 0 Å². The van der Waals surface area contributed by atoms with Crippen molar-refractivity contribution in [3.63, 3.8) is 0 Å². The van der Waals surface area contributed by atoms with Crippen LogP contribution in [0.3, 0.4) is 0 Å². The molecule has 16 heavy (non-hydrogen) atoms. The van der Waals surface area contributed by atoms with Crippen LogP contribution in [-0.4, -0.2) is 30.2 Å². The van der Waals surface area contributed by atoms with Crippen LogP contribution >= 0.6 is 0 Å². The summed E-state index contributed by atoms with van der Waals surface area (Å²) in [7, 11) is 0. The van der Waals surface area contributed by atoms with E-state index < -0.39 is 0 Å². The van der Waals surface area contributed by atoms with Crippen molar-refractivity contribution in [3.8, 4) is 0 Å². The lowest BCUT2D eigenvalue weighted by atomic mass is 9.58. The van der Waals surface area contributed by atoms with Gasteiger partial charge in [-0.25, -0.2) is 0 Å².